The van der Waals surface area contributed by atoms with Crippen LogP contribution in [0.25, 0.3) is 0 Å². The summed E-state index contributed by atoms with van der Waals surface area (Å²) in [5.41, 5.74) is 0.809. The van der Waals surface area contributed by atoms with Gasteiger partial charge in [0.05, 0.1) is 29.3 Å². The van der Waals surface area contributed by atoms with Crippen LogP contribution in [0.15, 0.2) is 23.2 Å². The molecule has 0 aliphatic carbocycles. The van der Waals surface area contributed by atoms with E-state index in [1.807, 2.05) is 23.1 Å². The lowest BCUT2D eigenvalue weighted by Gasteiger charge is -2.28. The predicted molar refractivity (Wildman–Crippen MR) is 96.7 cm³/mol. The van der Waals surface area contributed by atoms with Crippen molar-refractivity contribution in [3.8, 4) is 11.5 Å². The number of nitrogens with zero attached hydrogens (tertiary/aromatic N) is 2. The summed E-state index contributed by atoms with van der Waals surface area (Å²) >= 11 is 1.35. The molecular formula is C16H18N2O5S2. The first kappa shape index (κ1) is 16.7. The lowest BCUT2D eigenvalue weighted by atomic mass is 10.1. The van der Waals surface area contributed by atoms with Gasteiger partial charge in [-0.2, -0.15) is 0 Å². The van der Waals surface area contributed by atoms with Crippen LogP contribution in [0.2, 0.25) is 0 Å². The number of thioether (sulfide) groups is 1. The molecule has 1 aromatic carbocycles. The van der Waals surface area contributed by atoms with Crippen LogP contribution in [-0.4, -0.2) is 61.9 Å². The highest BCUT2D eigenvalue weighted by molar-refractivity contribution is 8.14. The van der Waals surface area contributed by atoms with Gasteiger partial charge in [0, 0.05) is 11.8 Å². The lowest BCUT2D eigenvalue weighted by Crippen LogP contribution is -2.39. The number of hydrogen-bond acceptors (Lipinski definition) is 8. The molecule has 0 amide bonds. The number of ether oxygens (including phenoxy) is 2. The molecule has 25 heavy (non-hydrogen) atoms. The molecule has 0 spiro atoms. The third kappa shape index (κ3) is 3.22. The molecular weight excluding hydrogens is 364 g/mol. The van der Waals surface area contributed by atoms with Crippen LogP contribution in [0.3, 0.4) is 0 Å². The van der Waals surface area contributed by atoms with Crippen molar-refractivity contribution in [1.29, 1.82) is 0 Å². The van der Waals surface area contributed by atoms with E-state index in [4.69, 9.17) is 9.47 Å². The van der Waals surface area contributed by atoms with E-state index in [1.165, 1.54) is 18.7 Å². The van der Waals surface area contributed by atoms with Gasteiger partial charge in [0.1, 0.15) is 19.0 Å². The summed E-state index contributed by atoms with van der Waals surface area (Å²) in [5, 5.41) is 0.691. The topological polar surface area (TPSA) is 85.3 Å². The fourth-order valence-electron chi connectivity index (χ4n) is 3.28. The molecule has 134 valence electrons. The van der Waals surface area contributed by atoms with Gasteiger partial charge in [-0.3, -0.25) is 9.79 Å². The molecule has 2 atom stereocenters. The monoisotopic (exact) mass is 382 g/mol. The van der Waals surface area contributed by atoms with Crippen molar-refractivity contribution in [3.05, 3.63) is 18.2 Å². The molecule has 0 N–H and O–H groups in total. The Morgan fingerprint density at radius 2 is 2.04 bits per heavy atom. The van der Waals surface area contributed by atoms with Gasteiger partial charge in [-0.25, -0.2) is 8.42 Å². The van der Waals surface area contributed by atoms with Gasteiger partial charge in [0.25, 0.3) is 0 Å². The first-order chi connectivity index (χ1) is 11.9. The lowest BCUT2D eigenvalue weighted by molar-refractivity contribution is -0.114. The van der Waals surface area contributed by atoms with E-state index in [2.05, 4.69) is 4.99 Å². The molecule has 0 unspecified atom stereocenters. The third-order valence-electron chi connectivity index (χ3n) is 4.32. The zero-order valence-corrected chi connectivity index (χ0v) is 15.3. The van der Waals surface area contributed by atoms with E-state index in [9.17, 15) is 13.2 Å². The zero-order valence-electron chi connectivity index (χ0n) is 13.7. The Hall–Kier alpha value is -1.74. The number of hydrogen-bond donors (Lipinski definition) is 0. The Morgan fingerprint density at radius 1 is 1.28 bits per heavy atom. The molecule has 1 aromatic rings. The largest absolute Gasteiger partial charge is 0.486 e. The number of benzene rings is 1. The number of amidine groups is 1. The quantitative estimate of drug-likeness (QED) is 0.774. The maximum atomic E-state index is 12.0. The number of carbonyl (C=O) groups is 1. The standard InChI is InChI=1S/C16H18N2O5S2/c1-10(19)7-24-16-17-12-8-25(20,21)9-13(12)18(16)11-2-3-14-15(6-11)23-5-4-22-14/h2-3,6,12-13H,4-5,7-9H2,1H3/t12-,13+/m1/s1. The highest BCUT2D eigenvalue weighted by atomic mass is 32.2. The minimum atomic E-state index is -3.10. The summed E-state index contributed by atoms with van der Waals surface area (Å²) in [7, 11) is -3.10. The van der Waals surface area contributed by atoms with Crippen LogP contribution in [0.1, 0.15) is 6.92 Å². The first-order valence-electron chi connectivity index (χ1n) is 8.02. The van der Waals surface area contributed by atoms with Gasteiger partial charge >= 0.3 is 0 Å². The second kappa shape index (κ2) is 6.21. The Morgan fingerprint density at radius 3 is 2.80 bits per heavy atom. The molecule has 7 nitrogen and oxygen atoms in total. The zero-order chi connectivity index (χ0) is 17.6. The van der Waals surface area contributed by atoms with Gasteiger partial charge in [0.2, 0.25) is 0 Å². The Balaban J connectivity index is 1.68. The number of Topliss-reactive ketones (excluding diaryl/α,β-unsaturated/α-hetero) is 1. The minimum absolute atomic E-state index is 0.0551. The van der Waals surface area contributed by atoms with Crippen molar-refractivity contribution >= 4 is 38.2 Å². The SMILES string of the molecule is CC(=O)CSC1=N[C@@H]2CS(=O)(=O)C[C@@H]2N1c1ccc2c(c1)OCCO2. The van der Waals surface area contributed by atoms with Crippen LogP contribution in [-0.2, 0) is 14.6 Å². The second-order valence-electron chi connectivity index (χ2n) is 6.31. The van der Waals surface area contributed by atoms with E-state index in [0.717, 1.165) is 5.69 Å². The van der Waals surface area contributed by atoms with Crippen LogP contribution >= 0.6 is 11.8 Å². The van der Waals surface area contributed by atoms with E-state index < -0.39 is 9.84 Å². The molecule has 3 aliphatic rings. The Labute approximate surface area is 150 Å². The number of carbonyl (C=O) groups excluding carboxylic acids is 1. The number of aliphatic imine (C=N–C) groups is 1. The number of sulfone groups is 1. The highest BCUT2D eigenvalue weighted by Gasteiger charge is 2.47. The van der Waals surface area contributed by atoms with Crippen LogP contribution < -0.4 is 14.4 Å². The van der Waals surface area contributed by atoms with Crippen molar-refractivity contribution in [2.75, 3.05) is 35.4 Å². The minimum Gasteiger partial charge on any atom is -0.486 e. The second-order valence-corrected chi connectivity index (χ2v) is 9.41. The van der Waals surface area contributed by atoms with E-state index >= 15 is 0 Å². The maximum absolute atomic E-state index is 12.0. The van der Waals surface area contributed by atoms with Crippen molar-refractivity contribution in [2.45, 2.75) is 19.0 Å². The molecule has 3 aliphatic heterocycles. The summed E-state index contributed by atoms with van der Waals surface area (Å²) in [5.74, 6) is 1.82. The van der Waals surface area contributed by atoms with E-state index in [-0.39, 0.29) is 29.4 Å². The summed E-state index contributed by atoms with van der Waals surface area (Å²) < 4.78 is 35.2. The molecule has 4 rings (SSSR count). The highest BCUT2D eigenvalue weighted by Crippen LogP contribution is 2.39. The fraction of sp³-hybridized carbons (Fsp3) is 0.500. The molecule has 1 saturated heterocycles. The number of fused-ring (bicyclic) bond motifs is 2. The van der Waals surface area contributed by atoms with E-state index in [0.29, 0.717) is 35.6 Å². The number of ketones is 1. The van der Waals surface area contributed by atoms with Crippen molar-refractivity contribution < 1.29 is 22.7 Å². The summed E-state index contributed by atoms with van der Waals surface area (Å²) in [4.78, 5) is 17.9. The molecule has 0 bridgehead atoms. The number of anilines is 1. The summed E-state index contributed by atoms with van der Waals surface area (Å²) in [6.45, 7) is 2.53. The molecule has 1 fully saturated rings. The summed E-state index contributed by atoms with van der Waals surface area (Å²) in [6.07, 6.45) is 0. The van der Waals surface area contributed by atoms with Gasteiger partial charge in [-0.05, 0) is 19.1 Å². The average Bonchev–Trinajstić information content (AvgIpc) is 3.03. The average molecular weight is 382 g/mol. The first-order valence-corrected chi connectivity index (χ1v) is 10.8. The van der Waals surface area contributed by atoms with E-state index in [1.54, 1.807) is 0 Å². The Bertz CT molecular complexity index is 852. The fourth-order valence-corrected chi connectivity index (χ4v) is 6.05. The smallest absolute Gasteiger partial charge is 0.164 e. The Kier molecular flexibility index (Phi) is 4.15. The summed E-state index contributed by atoms with van der Waals surface area (Å²) in [6, 6.07) is 5.04. The molecule has 0 saturated carbocycles. The maximum Gasteiger partial charge on any atom is 0.164 e. The van der Waals surface area contributed by atoms with Gasteiger partial charge in [0.15, 0.2) is 26.5 Å². The van der Waals surface area contributed by atoms with Crippen molar-refractivity contribution in [3.63, 3.8) is 0 Å². The van der Waals surface area contributed by atoms with Gasteiger partial charge < -0.3 is 14.4 Å². The molecule has 0 aromatic heterocycles. The molecule has 9 heteroatoms. The van der Waals surface area contributed by atoms with Crippen LogP contribution in [0, 0.1) is 0 Å². The van der Waals surface area contributed by atoms with Gasteiger partial charge in [-0.1, -0.05) is 11.8 Å². The molecule has 3 heterocycles. The van der Waals surface area contributed by atoms with Crippen LogP contribution in [0.4, 0.5) is 5.69 Å². The number of rotatable bonds is 3. The van der Waals surface area contributed by atoms with Gasteiger partial charge in [-0.15, -0.1) is 0 Å². The van der Waals surface area contributed by atoms with Crippen molar-refractivity contribution in [2.24, 2.45) is 4.99 Å². The predicted octanol–water partition coefficient (Wildman–Crippen LogP) is 1.12. The normalized spacial score (nSPS) is 26.3. The third-order valence-corrected chi connectivity index (χ3v) is 7.13. The molecule has 0 radical (unpaired) electrons. The van der Waals surface area contributed by atoms with Crippen molar-refractivity contribution in [1.82, 2.24) is 0 Å². The van der Waals surface area contributed by atoms with Crippen LogP contribution in [0.5, 0.6) is 11.5 Å².